The zero-order chi connectivity index (χ0) is 12.0. The molecule has 90 valence electrons. The summed E-state index contributed by atoms with van der Waals surface area (Å²) in [6.45, 7) is 5.14. The van der Waals surface area contributed by atoms with Crippen LogP contribution >= 0.6 is 0 Å². The second-order valence-corrected chi connectivity index (χ2v) is 5.88. The van der Waals surface area contributed by atoms with Crippen LogP contribution < -0.4 is 5.32 Å². The Morgan fingerprint density at radius 2 is 1.88 bits per heavy atom. The molecule has 2 aliphatic rings. The Morgan fingerprint density at radius 3 is 2.41 bits per heavy atom. The molecule has 17 heavy (non-hydrogen) atoms. The van der Waals surface area contributed by atoms with Gasteiger partial charge < -0.3 is 5.32 Å². The number of rotatable bonds is 2. The van der Waals surface area contributed by atoms with Crippen LogP contribution in [0.3, 0.4) is 0 Å². The topological polar surface area (TPSA) is 29.1 Å². The Kier molecular flexibility index (Phi) is 2.37. The van der Waals surface area contributed by atoms with E-state index in [4.69, 9.17) is 0 Å². The molecule has 0 bridgehead atoms. The summed E-state index contributed by atoms with van der Waals surface area (Å²) in [7, 11) is 0. The lowest BCUT2D eigenvalue weighted by atomic mass is 9.95. The van der Waals surface area contributed by atoms with Crippen molar-refractivity contribution in [1.29, 1.82) is 0 Å². The van der Waals surface area contributed by atoms with E-state index in [2.05, 4.69) is 11.4 Å². The summed E-state index contributed by atoms with van der Waals surface area (Å²) < 4.78 is 0. The number of nitrogens with one attached hydrogen (secondary N) is 1. The molecule has 1 heterocycles. The van der Waals surface area contributed by atoms with Gasteiger partial charge in [-0.15, -0.1) is 0 Å². The molecule has 1 aliphatic heterocycles. The van der Waals surface area contributed by atoms with Crippen molar-refractivity contribution in [3.8, 4) is 0 Å². The standard InChI is InChI=1S/C15H19NO/c1-10-5-11(2)7-12(6-10)14(17)13-8-15(3-4-15)9-16-13/h5-7,13,16H,3-4,8-9H2,1-2H3/t13-/m0/s1. The summed E-state index contributed by atoms with van der Waals surface area (Å²) in [5.74, 6) is 0.278. The molecule has 1 N–H and O–H groups in total. The molecule has 3 rings (SSSR count). The molecule has 1 saturated carbocycles. The summed E-state index contributed by atoms with van der Waals surface area (Å²) in [5.41, 5.74) is 3.71. The van der Waals surface area contributed by atoms with Crippen molar-refractivity contribution in [2.75, 3.05) is 6.54 Å². The minimum atomic E-state index is 0.0544. The summed E-state index contributed by atoms with van der Waals surface area (Å²) in [6.07, 6.45) is 3.64. The maximum Gasteiger partial charge on any atom is 0.179 e. The molecule has 1 aromatic rings. The maximum absolute atomic E-state index is 12.4. The first-order valence-electron chi connectivity index (χ1n) is 6.44. The van der Waals surface area contributed by atoms with E-state index in [0.717, 1.165) is 18.5 Å². The third-order valence-corrected chi connectivity index (χ3v) is 4.14. The van der Waals surface area contributed by atoms with E-state index in [-0.39, 0.29) is 11.8 Å². The van der Waals surface area contributed by atoms with Gasteiger partial charge in [0.15, 0.2) is 5.78 Å². The fourth-order valence-electron chi connectivity index (χ4n) is 2.98. The van der Waals surface area contributed by atoms with Crippen molar-refractivity contribution in [1.82, 2.24) is 5.32 Å². The molecular formula is C15H19NO. The van der Waals surface area contributed by atoms with Gasteiger partial charge in [-0.1, -0.05) is 17.2 Å². The predicted octanol–water partition coefficient (Wildman–Crippen LogP) is 2.63. The number of benzene rings is 1. The van der Waals surface area contributed by atoms with Gasteiger partial charge in [-0.3, -0.25) is 4.79 Å². The zero-order valence-electron chi connectivity index (χ0n) is 10.5. The number of hydrogen-bond donors (Lipinski definition) is 1. The lowest BCUT2D eigenvalue weighted by molar-refractivity contribution is 0.0950. The van der Waals surface area contributed by atoms with Crippen LogP contribution in [-0.4, -0.2) is 18.4 Å². The maximum atomic E-state index is 12.4. The van der Waals surface area contributed by atoms with Gasteiger partial charge in [0.2, 0.25) is 0 Å². The van der Waals surface area contributed by atoms with Crippen LogP contribution in [0.15, 0.2) is 18.2 Å². The Morgan fingerprint density at radius 1 is 1.24 bits per heavy atom. The van der Waals surface area contributed by atoms with Crippen molar-refractivity contribution in [2.45, 2.75) is 39.2 Å². The summed E-state index contributed by atoms with van der Waals surface area (Å²) in [5, 5.41) is 3.40. The SMILES string of the molecule is Cc1cc(C)cc(C(=O)[C@@H]2CC3(CC3)CN2)c1. The van der Waals surface area contributed by atoms with Crippen LogP contribution in [0.4, 0.5) is 0 Å². The van der Waals surface area contributed by atoms with Crippen molar-refractivity contribution in [3.05, 3.63) is 34.9 Å². The molecule has 1 aromatic carbocycles. The molecular weight excluding hydrogens is 210 g/mol. The van der Waals surface area contributed by atoms with E-state index in [9.17, 15) is 4.79 Å². The summed E-state index contributed by atoms with van der Waals surface area (Å²) in [4.78, 5) is 12.4. The van der Waals surface area contributed by atoms with Gasteiger partial charge in [-0.25, -0.2) is 0 Å². The van der Waals surface area contributed by atoms with Crippen molar-refractivity contribution in [3.63, 3.8) is 0 Å². The summed E-state index contributed by atoms with van der Waals surface area (Å²) in [6, 6.07) is 6.18. The molecule has 2 heteroatoms. The first-order valence-corrected chi connectivity index (χ1v) is 6.44. The highest BCUT2D eigenvalue weighted by Crippen LogP contribution is 2.52. The van der Waals surface area contributed by atoms with E-state index < -0.39 is 0 Å². The van der Waals surface area contributed by atoms with Gasteiger partial charge in [0.25, 0.3) is 0 Å². The Hall–Kier alpha value is -1.15. The van der Waals surface area contributed by atoms with Crippen molar-refractivity contribution < 1.29 is 4.79 Å². The predicted molar refractivity (Wildman–Crippen MR) is 68.3 cm³/mol. The fourth-order valence-corrected chi connectivity index (χ4v) is 2.98. The van der Waals surface area contributed by atoms with Gasteiger partial charge in [-0.05, 0) is 50.7 Å². The number of aryl methyl sites for hydroxylation is 2. The van der Waals surface area contributed by atoms with Crippen LogP contribution in [0.5, 0.6) is 0 Å². The molecule has 0 radical (unpaired) electrons. The van der Waals surface area contributed by atoms with Crippen molar-refractivity contribution in [2.24, 2.45) is 5.41 Å². The van der Waals surface area contributed by atoms with Gasteiger partial charge in [0.05, 0.1) is 6.04 Å². The molecule has 1 saturated heterocycles. The number of carbonyl (C=O) groups excluding carboxylic acids is 1. The first kappa shape index (κ1) is 11.0. The molecule has 0 aromatic heterocycles. The highest BCUT2D eigenvalue weighted by atomic mass is 16.1. The van der Waals surface area contributed by atoms with Crippen LogP contribution in [-0.2, 0) is 0 Å². The van der Waals surface area contributed by atoms with E-state index in [1.807, 2.05) is 26.0 Å². The Balaban J connectivity index is 1.81. The van der Waals surface area contributed by atoms with Gasteiger partial charge in [-0.2, -0.15) is 0 Å². The Labute approximate surface area is 102 Å². The molecule has 1 aliphatic carbocycles. The molecule has 1 atom stereocenters. The number of hydrogen-bond acceptors (Lipinski definition) is 2. The third-order valence-electron chi connectivity index (χ3n) is 4.14. The second-order valence-electron chi connectivity index (χ2n) is 5.88. The monoisotopic (exact) mass is 229 g/mol. The average Bonchev–Trinajstić information content (AvgIpc) is 2.87. The summed E-state index contributed by atoms with van der Waals surface area (Å²) >= 11 is 0. The first-order chi connectivity index (χ1) is 8.08. The molecule has 0 amide bonds. The minimum Gasteiger partial charge on any atom is -0.307 e. The molecule has 2 fully saturated rings. The van der Waals surface area contributed by atoms with Crippen molar-refractivity contribution >= 4 is 5.78 Å². The third kappa shape index (κ3) is 2.02. The lowest BCUT2D eigenvalue weighted by Gasteiger charge is -2.10. The number of ketones is 1. The van der Waals surface area contributed by atoms with E-state index in [0.29, 0.717) is 5.41 Å². The van der Waals surface area contributed by atoms with Gasteiger partial charge in [0.1, 0.15) is 0 Å². The quantitative estimate of drug-likeness (QED) is 0.790. The molecule has 0 unspecified atom stereocenters. The second kappa shape index (κ2) is 3.67. The van der Waals surface area contributed by atoms with E-state index >= 15 is 0 Å². The van der Waals surface area contributed by atoms with Crippen LogP contribution in [0.1, 0.15) is 40.7 Å². The number of carbonyl (C=O) groups is 1. The average molecular weight is 229 g/mol. The molecule has 1 spiro atoms. The lowest BCUT2D eigenvalue weighted by Crippen LogP contribution is -2.30. The van der Waals surface area contributed by atoms with Crippen LogP contribution in [0.25, 0.3) is 0 Å². The van der Waals surface area contributed by atoms with Gasteiger partial charge in [0, 0.05) is 12.1 Å². The zero-order valence-corrected chi connectivity index (χ0v) is 10.5. The smallest absolute Gasteiger partial charge is 0.179 e. The fraction of sp³-hybridized carbons (Fsp3) is 0.533. The van der Waals surface area contributed by atoms with E-state index in [1.54, 1.807) is 0 Å². The highest BCUT2D eigenvalue weighted by Gasteiger charge is 2.49. The highest BCUT2D eigenvalue weighted by molar-refractivity contribution is 6.00. The normalized spacial score (nSPS) is 25.2. The Bertz CT molecular complexity index is 454. The molecule has 2 nitrogen and oxygen atoms in total. The van der Waals surface area contributed by atoms with Crippen LogP contribution in [0, 0.1) is 19.3 Å². The van der Waals surface area contributed by atoms with Crippen LogP contribution in [0.2, 0.25) is 0 Å². The minimum absolute atomic E-state index is 0.0544. The van der Waals surface area contributed by atoms with Gasteiger partial charge >= 0.3 is 0 Å². The van der Waals surface area contributed by atoms with E-state index in [1.165, 1.54) is 24.0 Å². The number of Topliss-reactive ketones (excluding diaryl/α,β-unsaturated/α-hetero) is 1. The largest absolute Gasteiger partial charge is 0.307 e.